The third kappa shape index (κ3) is 3.60. The third-order valence-electron chi connectivity index (χ3n) is 5.21. The fraction of sp³-hybridized carbons (Fsp3) is 0.333. The van der Waals surface area contributed by atoms with Gasteiger partial charge in [-0.25, -0.2) is 0 Å². The van der Waals surface area contributed by atoms with Crippen molar-refractivity contribution in [3.63, 3.8) is 0 Å². The van der Waals surface area contributed by atoms with Crippen LogP contribution >= 0.6 is 0 Å². The van der Waals surface area contributed by atoms with E-state index < -0.39 is 6.10 Å². The Labute approximate surface area is 157 Å². The van der Waals surface area contributed by atoms with Crippen LogP contribution in [0.5, 0.6) is 11.5 Å². The molecule has 1 saturated heterocycles. The predicted octanol–water partition coefficient (Wildman–Crippen LogP) is 3.44. The summed E-state index contributed by atoms with van der Waals surface area (Å²) in [5, 5.41) is 9.34. The highest BCUT2D eigenvalue weighted by Crippen LogP contribution is 2.32. The number of nitrogens with zero attached hydrogens (tertiary/aromatic N) is 2. The zero-order valence-corrected chi connectivity index (χ0v) is 15.3. The van der Waals surface area contributed by atoms with Crippen LogP contribution in [0.2, 0.25) is 0 Å². The van der Waals surface area contributed by atoms with Gasteiger partial charge in [0.15, 0.2) is 6.10 Å². The summed E-state index contributed by atoms with van der Waals surface area (Å²) in [5.74, 6) is 1.16. The molecule has 1 fully saturated rings. The number of amides is 1. The van der Waals surface area contributed by atoms with Crippen molar-refractivity contribution in [3.8, 4) is 11.5 Å². The first-order valence-electron chi connectivity index (χ1n) is 9.28. The minimum atomic E-state index is -0.555. The molecule has 0 radical (unpaired) electrons. The van der Waals surface area contributed by atoms with Crippen molar-refractivity contribution in [1.29, 1.82) is 0 Å². The van der Waals surface area contributed by atoms with E-state index in [9.17, 15) is 9.90 Å². The minimum absolute atomic E-state index is 0.00132. The normalized spacial score (nSPS) is 16.4. The van der Waals surface area contributed by atoms with Gasteiger partial charge in [0.25, 0.3) is 5.91 Å². The van der Waals surface area contributed by atoms with E-state index in [0.717, 1.165) is 23.9 Å². The molecular formula is C21H23N3O3. The van der Waals surface area contributed by atoms with Gasteiger partial charge in [-0.1, -0.05) is 0 Å². The van der Waals surface area contributed by atoms with Gasteiger partial charge in [0.1, 0.15) is 11.5 Å². The fourth-order valence-corrected chi connectivity index (χ4v) is 3.73. The number of ether oxygens (including phenoxy) is 1. The number of fused-ring (bicyclic) bond motifs is 1. The summed E-state index contributed by atoms with van der Waals surface area (Å²) >= 11 is 0. The number of H-pyrrole nitrogens is 1. The number of likely N-dealkylation sites (tertiary alicyclic amines) is 1. The van der Waals surface area contributed by atoms with Gasteiger partial charge in [0, 0.05) is 25.5 Å². The number of nitrogens with one attached hydrogen (secondary N) is 1. The van der Waals surface area contributed by atoms with Gasteiger partial charge in [-0.15, -0.1) is 0 Å². The van der Waals surface area contributed by atoms with E-state index in [2.05, 4.69) is 16.2 Å². The molecule has 1 unspecified atom stereocenters. The molecule has 2 N–H and O–H groups in total. The first-order chi connectivity index (χ1) is 13.1. The fourth-order valence-electron chi connectivity index (χ4n) is 3.73. The van der Waals surface area contributed by atoms with E-state index in [0.29, 0.717) is 24.8 Å². The van der Waals surface area contributed by atoms with Crippen molar-refractivity contribution in [3.05, 3.63) is 54.4 Å². The smallest absolute Gasteiger partial charge is 0.263 e. The molecule has 0 aliphatic carbocycles. The van der Waals surface area contributed by atoms with E-state index in [-0.39, 0.29) is 11.7 Å². The highest BCUT2D eigenvalue weighted by Gasteiger charge is 2.28. The second-order valence-electron chi connectivity index (χ2n) is 7.00. The maximum absolute atomic E-state index is 12.7. The van der Waals surface area contributed by atoms with Crippen molar-refractivity contribution in [2.75, 3.05) is 13.1 Å². The van der Waals surface area contributed by atoms with E-state index in [1.165, 1.54) is 5.56 Å². The Morgan fingerprint density at radius 2 is 2.00 bits per heavy atom. The van der Waals surface area contributed by atoms with Crippen molar-refractivity contribution >= 4 is 16.9 Å². The molecule has 1 aliphatic rings. The zero-order valence-electron chi connectivity index (χ0n) is 15.3. The number of aromatic hydroxyl groups is 1. The Morgan fingerprint density at radius 1 is 1.26 bits per heavy atom. The van der Waals surface area contributed by atoms with Crippen molar-refractivity contribution in [1.82, 2.24) is 14.9 Å². The van der Waals surface area contributed by atoms with Crippen molar-refractivity contribution in [2.45, 2.75) is 31.8 Å². The van der Waals surface area contributed by atoms with Crippen LogP contribution in [0.4, 0.5) is 0 Å². The second-order valence-corrected chi connectivity index (χ2v) is 7.00. The summed E-state index contributed by atoms with van der Waals surface area (Å²) in [4.78, 5) is 22.4. The van der Waals surface area contributed by atoms with Gasteiger partial charge < -0.3 is 19.7 Å². The van der Waals surface area contributed by atoms with E-state index in [1.807, 2.05) is 23.2 Å². The number of aromatic nitrogens is 2. The van der Waals surface area contributed by atoms with Crippen LogP contribution < -0.4 is 4.74 Å². The molecule has 0 spiro atoms. The first-order valence-corrected chi connectivity index (χ1v) is 9.28. The van der Waals surface area contributed by atoms with Crippen LogP contribution in [0, 0.1) is 0 Å². The number of hydrogen-bond donors (Lipinski definition) is 2. The van der Waals surface area contributed by atoms with Crippen LogP contribution in [-0.4, -0.2) is 45.1 Å². The number of phenolic OH excluding ortho intramolecular Hbond substituents is 1. The lowest BCUT2D eigenvalue weighted by atomic mass is 9.90. The number of carbonyl (C=O) groups excluding carboxylic acids is 1. The lowest BCUT2D eigenvalue weighted by Crippen LogP contribution is -2.44. The number of hydrogen-bond acceptors (Lipinski definition) is 4. The highest BCUT2D eigenvalue weighted by atomic mass is 16.5. The topological polar surface area (TPSA) is 78.5 Å². The molecule has 140 valence electrons. The average Bonchev–Trinajstić information content (AvgIpc) is 3.13. The van der Waals surface area contributed by atoms with Gasteiger partial charge in [-0.05, 0) is 67.6 Å². The quantitative estimate of drug-likeness (QED) is 0.742. The van der Waals surface area contributed by atoms with Gasteiger partial charge in [-0.2, -0.15) is 0 Å². The molecule has 0 saturated carbocycles. The van der Waals surface area contributed by atoms with E-state index >= 15 is 0 Å². The molecule has 1 aliphatic heterocycles. The molecule has 1 amide bonds. The number of rotatable bonds is 4. The number of carbonyl (C=O) groups is 1. The zero-order chi connectivity index (χ0) is 18.8. The highest BCUT2D eigenvalue weighted by molar-refractivity contribution is 5.81. The summed E-state index contributed by atoms with van der Waals surface area (Å²) in [6.07, 6.45) is 5.15. The Balaban J connectivity index is 1.37. The molecule has 2 aromatic heterocycles. The molecule has 6 nitrogen and oxygen atoms in total. The summed E-state index contributed by atoms with van der Waals surface area (Å²) < 4.78 is 5.72. The second kappa shape index (κ2) is 7.31. The van der Waals surface area contributed by atoms with E-state index in [4.69, 9.17) is 4.74 Å². The summed E-state index contributed by atoms with van der Waals surface area (Å²) in [6, 6.07) is 10.4. The molecule has 3 aromatic rings. The molecule has 27 heavy (non-hydrogen) atoms. The van der Waals surface area contributed by atoms with Gasteiger partial charge >= 0.3 is 0 Å². The Morgan fingerprint density at radius 3 is 2.74 bits per heavy atom. The summed E-state index contributed by atoms with van der Waals surface area (Å²) in [7, 11) is 0. The summed E-state index contributed by atoms with van der Waals surface area (Å²) in [6.45, 7) is 3.20. The Bertz CT molecular complexity index is 927. The first kappa shape index (κ1) is 17.4. The van der Waals surface area contributed by atoms with Crippen LogP contribution in [0.3, 0.4) is 0 Å². The molecule has 6 heteroatoms. The monoisotopic (exact) mass is 365 g/mol. The molecule has 0 bridgehead atoms. The maximum atomic E-state index is 12.7. The van der Waals surface area contributed by atoms with E-state index in [1.54, 1.807) is 31.2 Å². The van der Waals surface area contributed by atoms with Gasteiger partial charge in [-0.3, -0.25) is 9.78 Å². The van der Waals surface area contributed by atoms with Crippen LogP contribution in [0.1, 0.15) is 31.2 Å². The Hall–Kier alpha value is -3.02. The lowest BCUT2D eigenvalue weighted by Gasteiger charge is -2.33. The van der Waals surface area contributed by atoms with Crippen LogP contribution in [0.25, 0.3) is 11.0 Å². The number of pyridine rings is 1. The SMILES string of the molecule is CC(Oc1ccc(O)cc1)C(=O)N1CCC(c2c[nH]c3cccnc23)CC1. The van der Waals surface area contributed by atoms with Crippen LogP contribution in [0.15, 0.2) is 48.8 Å². The molecule has 3 heterocycles. The number of piperidine rings is 1. The minimum Gasteiger partial charge on any atom is -0.508 e. The number of phenols is 1. The van der Waals surface area contributed by atoms with Crippen LogP contribution in [-0.2, 0) is 4.79 Å². The maximum Gasteiger partial charge on any atom is 0.263 e. The average molecular weight is 365 g/mol. The molecular weight excluding hydrogens is 342 g/mol. The predicted molar refractivity (Wildman–Crippen MR) is 103 cm³/mol. The molecule has 1 aromatic carbocycles. The lowest BCUT2D eigenvalue weighted by molar-refractivity contribution is -0.139. The van der Waals surface area contributed by atoms with Crippen molar-refractivity contribution in [2.24, 2.45) is 0 Å². The summed E-state index contributed by atoms with van der Waals surface area (Å²) in [5.41, 5.74) is 3.33. The Kier molecular flexibility index (Phi) is 4.71. The van der Waals surface area contributed by atoms with Gasteiger partial charge in [0.2, 0.25) is 0 Å². The largest absolute Gasteiger partial charge is 0.508 e. The van der Waals surface area contributed by atoms with Gasteiger partial charge in [0.05, 0.1) is 11.0 Å². The molecule has 4 rings (SSSR count). The molecule has 1 atom stereocenters. The number of aromatic amines is 1. The number of benzene rings is 1. The standard InChI is InChI=1S/C21H23N3O3/c1-14(27-17-6-4-16(25)5-7-17)21(26)24-11-8-15(9-12-24)18-13-23-19-3-2-10-22-20(18)19/h2-7,10,13-15,23,25H,8-9,11-12H2,1H3. The third-order valence-corrected chi connectivity index (χ3v) is 5.21. The van der Waals surface area contributed by atoms with Crippen molar-refractivity contribution < 1.29 is 14.6 Å².